The van der Waals surface area contributed by atoms with E-state index in [0.717, 1.165) is 30.9 Å². The zero-order chi connectivity index (χ0) is 13.9. The largest absolute Gasteiger partial charge is 0.356 e. The van der Waals surface area contributed by atoms with E-state index in [2.05, 4.69) is 29.5 Å². The molecule has 1 fully saturated rings. The van der Waals surface area contributed by atoms with E-state index < -0.39 is 0 Å². The van der Waals surface area contributed by atoms with E-state index in [4.69, 9.17) is 0 Å². The number of nitrogens with zero attached hydrogens (tertiary/aromatic N) is 1. The van der Waals surface area contributed by atoms with Crippen molar-refractivity contribution >= 4 is 29.9 Å². The third-order valence-electron chi connectivity index (χ3n) is 3.54. The first kappa shape index (κ1) is 17.2. The van der Waals surface area contributed by atoms with Gasteiger partial charge in [-0.25, -0.2) is 4.39 Å². The summed E-state index contributed by atoms with van der Waals surface area (Å²) in [5.74, 6) is 0.672. The fourth-order valence-corrected chi connectivity index (χ4v) is 2.30. The third-order valence-corrected chi connectivity index (χ3v) is 3.54. The van der Waals surface area contributed by atoms with Crippen molar-refractivity contribution in [1.29, 1.82) is 0 Å². The Labute approximate surface area is 137 Å². The number of nitrogens with one attached hydrogen (secondary N) is 2. The number of aliphatic imine (C=N–C) groups is 1. The first-order valence-corrected chi connectivity index (χ1v) is 6.79. The van der Waals surface area contributed by atoms with Gasteiger partial charge in [0.1, 0.15) is 5.82 Å². The van der Waals surface area contributed by atoms with Crippen LogP contribution in [0, 0.1) is 5.82 Å². The third kappa shape index (κ3) is 4.07. The number of benzene rings is 1. The van der Waals surface area contributed by atoms with Crippen LogP contribution in [0.5, 0.6) is 0 Å². The molecule has 0 radical (unpaired) electrons. The van der Waals surface area contributed by atoms with E-state index in [1.54, 1.807) is 13.1 Å². The van der Waals surface area contributed by atoms with Crippen LogP contribution >= 0.6 is 24.0 Å². The molecule has 1 aromatic rings. The minimum Gasteiger partial charge on any atom is -0.356 e. The summed E-state index contributed by atoms with van der Waals surface area (Å²) in [5.41, 5.74) is 0.766. The lowest BCUT2D eigenvalue weighted by atomic mass is 9.95. The van der Waals surface area contributed by atoms with Crippen LogP contribution in [0.15, 0.2) is 29.3 Å². The van der Waals surface area contributed by atoms with Gasteiger partial charge in [-0.05, 0) is 38.3 Å². The highest BCUT2D eigenvalue weighted by molar-refractivity contribution is 14.0. The van der Waals surface area contributed by atoms with Gasteiger partial charge in [0.2, 0.25) is 0 Å². The van der Waals surface area contributed by atoms with E-state index in [1.807, 2.05) is 12.1 Å². The SMILES string of the molecule is CN=C(NCC1(c2ccccc2F)CC1)NC(C)C.I. The van der Waals surface area contributed by atoms with Crippen LogP contribution in [0.25, 0.3) is 0 Å². The maximum atomic E-state index is 13.9. The minimum atomic E-state index is -0.103. The summed E-state index contributed by atoms with van der Waals surface area (Å²) in [7, 11) is 1.75. The smallest absolute Gasteiger partial charge is 0.191 e. The first-order valence-electron chi connectivity index (χ1n) is 6.79. The van der Waals surface area contributed by atoms with Crippen LogP contribution in [0.3, 0.4) is 0 Å². The molecule has 0 spiro atoms. The normalized spacial score (nSPS) is 16.6. The molecule has 0 saturated heterocycles. The standard InChI is InChI=1S/C15H22FN3.HI/c1-11(2)19-14(17-3)18-10-15(8-9-15)12-6-4-5-7-13(12)16;/h4-7,11H,8-10H2,1-3H3,(H2,17,18,19);1H. The molecule has 0 amide bonds. The van der Waals surface area contributed by atoms with Gasteiger partial charge in [-0.1, -0.05) is 18.2 Å². The number of guanidine groups is 1. The molecule has 1 saturated carbocycles. The second kappa shape index (κ2) is 7.24. The lowest BCUT2D eigenvalue weighted by Crippen LogP contribution is -2.44. The molecule has 2 rings (SSSR count). The predicted molar refractivity (Wildman–Crippen MR) is 92.4 cm³/mol. The van der Waals surface area contributed by atoms with E-state index in [1.165, 1.54) is 6.07 Å². The van der Waals surface area contributed by atoms with Gasteiger partial charge in [0.05, 0.1) is 0 Å². The second-order valence-electron chi connectivity index (χ2n) is 5.48. The van der Waals surface area contributed by atoms with Gasteiger partial charge in [0.25, 0.3) is 0 Å². The monoisotopic (exact) mass is 391 g/mol. The molecule has 0 bridgehead atoms. The number of rotatable bonds is 4. The Morgan fingerprint density at radius 1 is 1.35 bits per heavy atom. The maximum Gasteiger partial charge on any atom is 0.191 e. The molecule has 3 nitrogen and oxygen atoms in total. The van der Waals surface area contributed by atoms with E-state index in [0.29, 0.717) is 6.04 Å². The van der Waals surface area contributed by atoms with Crippen molar-refractivity contribution in [2.75, 3.05) is 13.6 Å². The summed E-state index contributed by atoms with van der Waals surface area (Å²) < 4.78 is 13.9. The molecule has 0 unspecified atom stereocenters. The molecule has 1 aliphatic carbocycles. The zero-order valence-corrected chi connectivity index (χ0v) is 14.6. The molecule has 1 aliphatic rings. The van der Waals surface area contributed by atoms with Crippen LogP contribution in [-0.4, -0.2) is 25.6 Å². The van der Waals surface area contributed by atoms with Crippen LogP contribution < -0.4 is 10.6 Å². The van der Waals surface area contributed by atoms with Gasteiger partial charge in [-0.15, -0.1) is 24.0 Å². The Bertz CT molecular complexity index is 470. The summed E-state index contributed by atoms with van der Waals surface area (Å²) in [6.45, 7) is 4.85. The molecular formula is C15H23FIN3. The average Bonchev–Trinajstić information content (AvgIpc) is 3.15. The molecule has 1 aromatic carbocycles. The minimum absolute atomic E-state index is 0. The molecule has 0 aliphatic heterocycles. The number of hydrogen-bond acceptors (Lipinski definition) is 1. The Hall–Kier alpha value is -0.850. The number of hydrogen-bond donors (Lipinski definition) is 2. The van der Waals surface area contributed by atoms with Crippen molar-refractivity contribution in [2.45, 2.75) is 38.1 Å². The van der Waals surface area contributed by atoms with E-state index >= 15 is 0 Å². The van der Waals surface area contributed by atoms with Crippen molar-refractivity contribution in [3.63, 3.8) is 0 Å². The van der Waals surface area contributed by atoms with Crippen LogP contribution in [-0.2, 0) is 5.41 Å². The zero-order valence-electron chi connectivity index (χ0n) is 12.2. The molecular weight excluding hydrogens is 368 g/mol. The molecule has 0 aromatic heterocycles. The summed E-state index contributed by atoms with van der Waals surface area (Å²) in [4.78, 5) is 4.18. The Kier molecular flexibility index (Phi) is 6.23. The Morgan fingerprint density at radius 3 is 2.50 bits per heavy atom. The quantitative estimate of drug-likeness (QED) is 0.470. The van der Waals surface area contributed by atoms with E-state index in [-0.39, 0.29) is 35.2 Å². The van der Waals surface area contributed by atoms with Gasteiger partial charge < -0.3 is 10.6 Å². The highest BCUT2D eigenvalue weighted by Gasteiger charge is 2.45. The lowest BCUT2D eigenvalue weighted by molar-refractivity contribution is 0.557. The highest BCUT2D eigenvalue weighted by atomic mass is 127. The topological polar surface area (TPSA) is 36.4 Å². The average molecular weight is 391 g/mol. The molecule has 112 valence electrons. The van der Waals surface area contributed by atoms with Gasteiger partial charge in [-0.3, -0.25) is 4.99 Å². The molecule has 2 N–H and O–H groups in total. The van der Waals surface area contributed by atoms with Crippen LogP contribution in [0.2, 0.25) is 0 Å². The molecule has 0 atom stereocenters. The van der Waals surface area contributed by atoms with E-state index in [9.17, 15) is 4.39 Å². The second-order valence-corrected chi connectivity index (χ2v) is 5.48. The van der Waals surface area contributed by atoms with Gasteiger partial charge in [-0.2, -0.15) is 0 Å². The summed E-state index contributed by atoms with van der Waals surface area (Å²) in [5, 5.41) is 6.54. The fraction of sp³-hybridized carbons (Fsp3) is 0.533. The van der Waals surface area contributed by atoms with Crippen molar-refractivity contribution in [3.05, 3.63) is 35.6 Å². The first-order chi connectivity index (χ1) is 9.07. The molecule has 0 heterocycles. The lowest BCUT2D eigenvalue weighted by Gasteiger charge is -2.20. The maximum absolute atomic E-state index is 13.9. The van der Waals surface area contributed by atoms with Crippen molar-refractivity contribution in [3.8, 4) is 0 Å². The van der Waals surface area contributed by atoms with Crippen molar-refractivity contribution in [2.24, 2.45) is 4.99 Å². The summed E-state index contributed by atoms with van der Waals surface area (Å²) >= 11 is 0. The van der Waals surface area contributed by atoms with Gasteiger partial charge in [0, 0.05) is 25.0 Å². The van der Waals surface area contributed by atoms with Crippen LogP contribution in [0.4, 0.5) is 4.39 Å². The Morgan fingerprint density at radius 2 is 2.00 bits per heavy atom. The van der Waals surface area contributed by atoms with Crippen molar-refractivity contribution in [1.82, 2.24) is 10.6 Å². The molecule has 20 heavy (non-hydrogen) atoms. The van der Waals surface area contributed by atoms with Crippen molar-refractivity contribution < 1.29 is 4.39 Å². The fourth-order valence-electron chi connectivity index (χ4n) is 2.30. The summed E-state index contributed by atoms with van der Waals surface area (Å²) in [6.07, 6.45) is 2.05. The Balaban J connectivity index is 0.00000200. The number of halogens is 2. The highest BCUT2D eigenvalue weighted by Crippen LogP contribution is 2.48. The van der Waals surface area contributed by atoms with Gasteiger partial charge in [0.15, 0.2) is 5.96 Å². The van der Waals surface area contributed by atoms with Gasteiger partial charge >= 0.3 is 0 Å². The predicted octanol–water partition coefficient (Wildman–Crippen LogP) is 3.05. The van der Waals surface area contributed by atoms with Crippen LogP contribution in [0.1, 0.15) is 32.3 Å². The summed E-state index contributed by atoms with van der Waals surface area (Å²) in [6, 6.07) is 7.40. The molecule has 5 heteroatoms.